The zero-order valence-electron chi connectivity index (χ0n) is 18.4. The summed E-state index contributed by atoms with van der Waals surface area (Å²) in [6, 6.07) is 34.0. The average Bonchev–Trinajstić information content (AvgIpc) is 2.91. The van der Waals surface area contributed by atoms with E-state index in [0.717, 1.165) is 11.1 Å². The van der Waals surface area contributed by atoms with Gasteiger partial charge in [-0.15, -0.1) is 0 Å². The van der Waals surface area contributed by atoms with E-state index in [9.17, 15) is 9.59 Å². The van der Waals surface area contributed by atoms with Crippen molar-refractivity contribution in [2.45, 2.75) is 5.92 Å². The van der Waals surface area contributed by atoms with Crippen LogP contribution in [-0.4, -0.2) is 12.4 Å². The zero-order chi connectivity index (χ0) is 23.3. The third kappa shape index (κ3) is 4.26. The molecule has 166 valence electrons. The van der Waals surface area contributed by atoms with Gasteiger partial charge in [0.2, 0.25) is 0 Å². The average molecular weight is 447 g/mol. The lowest BCUT2D eigenvalue weighted by Gasteiger charge is -2.24. The van der Waals surface area contributed by atoms with E-state index in [0.29, 0.717) is 34.5 Å². The van der Waals surface area contributed by atoms with Gasteiger partial charge in [-0.2, -0.15) is 0 Å². The van der Waals surface area contributed by atoms with Crippen molar-refractivity contribution in [1.82, 2.24) is 0 Å². The van der Waals surface area contributed by atoms with Crippen LogP contribution in [0.25, 0.3) is 22.1 Å². The smallest absolute Gasteiger partial charge is 0.200 e. The van der Waals surface area contributed by atoms with Crippen LogP contribution in [0.5, 0.6) is 5.75 Å². The zero-order valence-corrected chi connectivity index (χ0v) is 18.4. The van der Waals surface area contributed by atoms with Gasteiger partial charge in [-0.3, -0.25) is 9.59 Å². The predicted octanol–water partition coefficient (Wildman–Crippen LogP) is 6.51. The lowest BCUT2D eigenvalue weighted by molar-refractivity contribution is 0.0896. The summed E-state index contributed by atoms with van der Waals surface area (Å²) in [6.45, 7) is 0.430. The van der Waals surface area contributed by atoms with Gasteiger partial charge in [0, 0.05) is 0 Å². The van der Waals surface area contributed by atoms with Crippen molar-refractivity contribution in [2.75, 3.05) is 6.61 Å². The number of hydrogen-bond acceptors (Lipinski definition) is 4. The second-order valence-corrected chi connectivity index (χ2v) is 7.98. The lowest BCUT2D eigenvalue weighted by atomic mass is 9.89. The Balaban J connectivity index is 0.000000142. The minimum absolute atomic E-state index is 0.0121. The topological polar surface area (TPSA) is 56.5 Å². The van der Waals surface area contributed by atoms with Crippen molar-refractivity contribution in [3.63, 3.8) is 0 Å². The number of ketones is 1. The number of rotatable bonds is 2. The van der Waals surface area contributed by atoms with Crippen LogP contribution in [0.1, 0.15) is 21.8 Å². The second-order valence-electron chi connectivity index (χ2n) is 7.98. The van der Waals surface area contributed by atoms with Crippen LogP contribution >= 0.6 is 0 Å². The molecule has 0 saturated heterocycles. The molecule has 0 bridgehead atoms. The number of hydrogen-bond donors (Lipinski definition) is 0. The summed E-state index contributed by atoms with van der Waals surface area (Å²) in [4.78, 5) is 24.6. The molecule has 2 heterocycles. The molecule has 1 aliphatic rings. The van der Waals surface area contributed by atoms with Gasteiger partial charge in [-0.1, -0.05) is 84.9 Å². The van der Waals surface area contributed by atoms with E-state index in [1.807, 2.05) is 97.1 Å². The highest BCUT2D eigenvalue weighted by molar-refractivity contribution is 6.04. The van der Waals surface area contributed by atoms with Gasteiger partial charge in [0.1, 0.15) is 24.2 Å². The quantitative estimate of drug-likeness (QED) is 0.310. The molecule has 0 saturated carbocycles. The first-order valence-electron chi connectivity index (χ1n) is 11.1. The Bertz CT molecular complexity index is 1490. The molecule has 5 aromatic rings. The molecule has 1 atom stereocenters. The number of Topliss-reactive ketones (excluding diaryl/α,β-unsaturated/α-hetero) is 1. The maximum atomic E-state index is 12.3. The maximum Gasteiger partial charge on any atom is 0.200 e. The summed E-state index contributed by atoms with van der Waals surface area (Å²) >= 11 is 0. The van der Waals surface area contributed by atoms with Crippen molar-refractivity contribution in [3.05, 3.63) is 137 Å². The molecule has 1 aromatic heterocycles. The Morgan fingerprint density at radius 3 is 2.09 bits per heavy atom. The Hall–Kier alpha value is -4.44. The summed E-state index contributed by atoms with van der Waals surface area (Å²) in [5.41, 5.74) is 3.83. The standard InChI is InChI=1S/C15H12O2.C15H10O2/c2*16-15-12-8-4-5-9-14(12)17-10-13(15)11-6-2-1-3-7-11/h1-9,13H,10H2;1-10H. The van der Waals surface area contributed by atoms with Gasteiger partial charge in [0.15, 0.2) is 11.2 Å². The van der Waals surface area contributed by atoms with Crippen molar-refractivity contribution in [3.8, 4) is 16.9 Å². The summed E-state index contributed by atoms with van der Waals surface area (Å²) in [5, 5.41) is 0.619. The largest absolute Gasteiger partial charge is 0.492 e. The molecule has 0 spiro atoms. The number of carbonyl (C=O) groups is 1. The fourth-order valence-corrected chi connectivity index (χ4v) is 4.06. The van der Waals surface area contributed by atoms with Crippen molar-refractivity contribution < 1.29 is 13.9 Å². The van der Waals surface area contributed by atoms with Crippen molar-refractivity contribution in [1.29, 1.82) is 0 Å². The fraction of sp³-hybridized carbons (Fsp3) is 0.0667. The van der Waals surface area contributed by atoms with E-state index in [1.54, 1.807) is 12.1 Å². The summed E-state index contributed by atoms with van der Waals surface area (Å²) in [5.74, 6) is 0.675. The molecule has 1 unspecified atom stereocenters. The van der Waals surface area contributed by atoms with Crippen LogP contribution in [0.2, 0.25) is 0 Å². The van der Waals surface area contributed by atoms with Crippen LogP contribution in [0, 0.1) is 0 Å². The molecule has 34 heavy (non-hydrogen) atoms. The molecule has 4 aromatic carbocycles. The molecule has 4 nitrogen and oxygen atoms in total. The minimum atomic E-state index is -0.175. The highest BCUT2D eigenvalue weighted by atomic mass is 16.5. The molecule has 1 aliphatic heterocycles. The van der Waals surface area contributed by atoms with Crippen LogP contribution in [0.15, 0.2) is 125 Å². The van der Waals surface area contributed by atoms with Gasteiger partial charge in [0.25, 0.3) is 0 Å². The normalized spacial score (nSPS) is 14.5. The minimum Gasteiger partial charge on any atom is -0.492 e. The highest BCUT2D eigenvalue weighted by Crippen LogP contribution is 2.31. The van der Waals surface area contributed by atoms with Crippen molar-refractivity contribution in [2.24, 2.45) is 0 Å². The lowest BCUT2D eigenvalue weighted by Crippen LogP contribution is -2.25. The third-order valence-corrected chi connectivity index (χ3v) is 5.84. The van der Waals surface area contributed by atoms with E-state index >= 15 is 0 Å². The van der Waals surface area contributed by atoms with Gasteiger partial charge < -0.3 is 9.15 Å². The molecule has 4 heteroatoms. The molecular formula is C30H22O4. The van der Waals surface area contributed by atoms with E-state index in [2.05, 4.69) is 0 Å². The van der Waals surface area contributed by atoms with Crippen molar-refractivity contribution >= 4 is 16.8 Å². The number of benzene rings is 4. The Morgan fingerprint density at radius 2 is 1.29 bits per heavy atom. The predicted molar refractivity (Wildman–Crippen MR) is 133 cm³/mol. The second kappa shape index (κ2) is 9.59. The molecular weight excluding hydrogens is 424 g/mol. The number of carbonyl (C=O) groups excluding carboxylic acids is 1. The van der Waals surface area contributed by atoms with Gasteiger partial charge in [-0.25, -0.2) is 0 Å². The highest BCUT2D eigenvalue weighted by Gasteiger charge is 2.29. The van der Waals surface area contributed by atoms with Crippen LogP contribution in [0.4, 0.5) is 0 Å². The van der Waals surface area contributed by atoms with E-state index in [-0.39, 0.29) is 17.1 Å². The first-order valence-corrected chi connectivity index (χ1v) is 11.1. The van der Waals surface area contributed by atoms with Crippen LogP contribution in [-0.2, 0) is 0 Å². The summed E-state index contributed by atoms with van der Waals surface area (Å²) < 4.78 is 11.1. The van der Waals surface area contributed by atoms with Crippen LogP contribution < -0.4 is 10.2 Å². The molecule has 0 fully saturated rings. The Kier molecular flexibility index (Phi) is 6.04. The third-order valence-electron chi connectivity index (χ3n) is 5.84. The molecule has 0 aliphatic carbocycles. The number of para-hydroxylation sites is 2. The monoisotopic (exact) mass is 446 g/mol. The van der Waals surface area contributed by atoms with E-state index < -0.39 is 0 Å². The molecule has 0 N–H and O–H groups in total. The first kappa shape index (κ1) is 21.4. The van der Waals surface area contributed by atoms with Gasteiger partial charge >= 0.3 is 0 Å². The molecule has 0 amide bonds. The Labute approximate surface area is 197 Å². The van der Waals surface area contributed by atoms with Gasteiger partial charge in [-0.05, 0) is 35.4 Å². The number of ether oxygens (including phenoxy) is 1. The SMILES string of the molecule is O=C1c2ccccc2OCC1c1ccccc1.O=c1c(-c2ccccc2)coc2ccccc12. The van der Waals surface area contributed by atoms with Crippen LogP contribution in [0.3, 0.4) is 0 Å². The first-order chi connectivity index (χ1) is 16.7. The van der Waals surface area contributed by atoms with E-state index in [4.69, 9.17) is 9.15 Å². The summed E-state index contributed by atoms with van der Waals surface area (Å²) in [7, 11) is 0. The fourth-order valence-electron chi connectivity index (χ4n) is 4.06. The number of fused-ring (bicyclic) bond motifs is 2. The van der Waals surface area contributed by atoms with E-state index in [1.165, 1.54) is 6.26 Å². The molecule has 0 radical (unpaired) electrons. The van der Waals surface area contributed by atoms with Gasteiger partial charge in [0.05, 0.1) is 22.4 Å². The Morgan fingerprint density at radius 1 is 0.647 bits per heavy atom. The summed E-state index contributed by atoms with van der Waals surface area (Å²) in [6.07, 6.45) is 1.53. The maximum absolute atomic E-state index is 12.3. The molecule has 6 rings (SSSR count).